The molecule has 0 saturated heterocycles. The molecule has 26 heavy (non-hydrogen) atoms. The highest BCUT2D eigenvalue weighted by molar-refractivity contribution is 6.31. The fourth-order valence-corrected chi connectivity index (χ4v) is 2.50. The Labute approximate surface area is 152 Å². The molecule has 2 aromatic carbocycles. The lowest BCUT2D eigenvalue weighted by Crippen LogP contribution is -2.17. The minimum atomic E-state index is -0.793. The quantitative estimate of drug-likeness (QED) is 0.405. The van der Waals surface area contributed by atoms with Crippen LogP contribution in [0.4, 0.5) is 11.4 Å². The van der Waals surface area contributed by atoms with E-state index in [1.807, 2.05) is 0 Å². The number of rotatable bonds is 5. The van der Waals surface area contributed by atoms with Crippen molar-refractivity contribution < 1.29 is 14.5 Å². The number of carbonyl (C=O) groups excluding carboxylic acids is 2. The average molecular weight is 371 g/mol. The van der Waals surface area contributed by atoms with Gasteiger partial charge in [0.05, 0.1) is 10.6 Å². The summed E-state index contributed by atoms with van der Waals surface area (Å²) in [4.78, 5) is 35.3. The molecule has 130 valence electrons. The van der Waals surface area contributed by atoms with E-state index >= 15 is 0 Å². The van der Waals surface area contributed by atoms with Gasteiger partial charge in [-0.05, 0) is 18.2 Å². The van der Waals surface area contributed by atoms with E-state index in [0.29, 0.717) is 10.6 Å². The molecule has 0 aliphatic carbocycles. The van der Waals surface area contributed by atoms with Crippen molar-refractivity contribution in [2.45, 2.75) is 0 Å². The van der Waals surface area contributed by atoms with Gasteiger partial charge in [0.1, 0.15) is 6.20 Å². The molecule has 0 aliphatic rings. The molecule has 0 atom stereocenters. The number of aromatic nitrogens is 2. The first kappa shape index (κ1) is 17.3. The highest BCUT2D eigenvalue weighted by atomic mass is 35.5. The van der Waals surface area contributed by atoms with E-state index in [0.717, 1.165) is 6.20 Å². The smallest absolute Gasteiger partial charge is 0.319 e. The van der Waals surface area contributed by atoms with Crippen LogP contribution in [0, 0.1) is 10.1 Å². The van der Waals surface area contributed by atoms with Crippen LogP contribution in [0.2, 0.25) is 5.02 Å². The second-order valence-electron chi connectivity index (χ2n) is 5.23. The van der Waals surface area contributed by atoms with E-state index in [9.17, 15) is 19.7 Å². The second kappa shape index (κ2) is 7.16. The molecule has 9 heteroatoms. The predicted octanol–water partition coefficient (Wildman–Crippen LogP) is 3.45. The Morgan fingerprint density at radius 3 is 2.58 bits per heavy atom. The third-order valence-corrected chi connectivity index (χ3v) is 3.79. The summed E-state index contributed by atoms with van der Waals surface area (Å²) in [5.41, 5.74) is -0.0235. The second-order valence-corrected chi connectivity index (χ2v) is 5.66. The fourth-order valence-electron chi connectivity index (χ4n) is 2.33. The first-order chi connectivity index (χ1) is 12.5. The number of carbonyl (C=O) groups is 2. The van der Waals surface area contributed by atoms with Gasteiger partial charge in [-0.2, -0.15) is 5.10 Å². The van der Waals surface area contributed by atoms with E-state index in [4.69, 9.17) is 11.6 Å². The molecule has 2 N–H and O–H groups in total. The van der Waals surface area contributed by atoms with Crippen LogP contribution in [0.3, 0.4) is 0 Å². The van der Waals surface area contributed by atoms with Crippen molar-refractivity contribution in [1.82, 2.24) is 10.2 Å². The summed E-state index contributed by atoms with van der Waals surface area (Å²) in [5, 5.41) is 19.5. The highest BCUT2D eigenvalue weighted by Gasteiger charge is 2.24. The number of amides is 1. The highest BCUT2D eigenvalue weighted by Crippen LogP contribution is 2.25. The van der Waals surface area contributed by atoms with Gasteiger partial charge in [0.2, 0.25) is 5.69 Å². The molecule has 1 aromatic heterocycles. The van der Waals surface area contributed by atoms with Gasteiger partial charge in [0.25, 0.3) is 5.91 Å². The van der Waals surface area contributed by atoms with Crippen LogP contribution in [0.5, 0.6) is 0 Å². The summed E-state index contributed by atoms with van der Waals surface area (Å²) < 4.78 is 0. The van der Waals surface area contributed by atoms with Gasteiger partial charge in [-0.25, -0.2) is 0 Å². The number of ketones is 1. The predicted molar refractivity (Wildman–Crippen MR) is 94.5 cm³/mol. The number of nitro groups is 1. The topological polar surface area (TPSA) is 118 Å². The average Bonchev–Trinajstić information content (AvgIpc) is 3.13. The Morgan fingerprint density at radius 2 is 1.88 bits per heavy atom. The Kier molecular flexibility index (Phi) is 4.76. The Morgan fingerprint density at radius 1 is 1.15 bits per heavy atom. The molecule has 0 radical (unpaired) electrons. The third-order valence-electron chi connectivity index (χ3n) is 3.55. The van der Waals surface area contributed by atoms with Crippen molar-refractivity contribution in [3.63, 3.8) is 0 Å². The summed E-state index contributed by atoms with van der Waals surface area (Å²) in [6.07, 6.45) is 0.937. The number of anilines is 1. The summed E-state index contributed by atoms with van der Waals surface area (Å²) in [7, 11) is 0. The number of H-pyrrole nitrogens is 1. The number of hydrogen-bond acceptors (Lipinski definition) is 5. The van der Waals surface area contributed by atoms with Gasteiger partial charge in [-0.1, -0.05) is 41.9 Å². The maximum atomic E-state index is 12.7. The minimum Gasteiger partial charge on any atom is -0.320 e. The van der Waals surface area contributed by atoms with E-state index in [-0.39, 0.29) is 22.7 Å². The van der Waals surface area contributed by atoms with Crippen LogP contribution in [-0.2, 0) is 0 Å². The number of nitrogens with one attached hydrogen (secondary N) is 2. The van der Waals surface area contributed by atoms with Crippen molar-refractivity contribution in [1.29, 1.82) is 0 Å². The Bertz CT molecular complexity index is 1000. The fraction of sp³-hybridized carbons (Fsp3) is 0. The molecule has 1 amide bonds. The van der Waals surface area contributed by atoms with Gasteiger partial charge in [0.15, 0.2) is 5.78 Å². The van der Waals surface area contributed by atoms with Gasteiger partial charge in [0, 0.05) is 16.1 Å². The van der Waals surface area contributed by atoms with Crippen LogP contribution >= 0.6 is 11.6 Å². The molecule has 0 aliphatic heterocycles. The molecule has 0 fully saturated rings. The molecule has 1 heterocycles. The summed E-state index contributed by atoms with van der Waals surface area (Å²) in [5.74, 6) is -1.14. The summed E-state index contributed by atoms with van der Waals surface area (Å²) in [6.45, 7) is 0. The van der Waals surface area contributed by atoms with Crippen LogP contribution in [-0.4, -0.2) is 26.8 Å². The molecule has 0 spiro atoms. The SMILES string of the molecule is O=C(c1ccccc1)c1cc(Cl)ccc1NC(=O)c1[nH]ncc1[N+](=O)[O-]. The first-order valence-electron chi connectivity index (χ1n) is 7.36. The Hall–Kier alpha value is -3.52. The van der Waals surface area contributed by atoms with E-state index in [1.54, 1.807) is 30.3 Å². The van der Waals surface area contributed by atoms with E-state index in [2.05, 4.69) is 15.5 Å². The van der Waals surface area contributed by atoms with Gasteiger partial charge in [-0.15, -0.1) is 0 Å². The normalized spacial score (nSPS) is 10.3. The van der Waals surface area contributed by atoms with Gasteiger partial charge >= 0.3 is 5.69 Å². The van der Waals surface area contributed by atoms with Gasteiger partial charge < -0.3 is 5.32 Å². The number of nitrogens with zero attached hydrogens (tertiary/aromatic N) is 2. The minimum absolute atomic E-state index is 0.166. The molecule has 8 nitrogen and oxygen atoms in total. The third kappa shape index (κ3) is 3.45. The van der Waals surface area contributed by atoms with E-state index in [1.165, 1.54) is 18.2 Å². The zero-order valence-corrected chi connectivity index (χ0v) is 13.9. The molecule has 3 rings (SSSR count). The molecular weight excluding hydrogens is 360 g/mol. The number of halogens is 1. The lowest BCUT2D eigenvalue weighted by Gasteiger charge is -2.10. The maximum Gasteiger partial charge on any atom is 0.319 e. The molecule has 0 saturated carbocycles. The standard InChI is InChI=1S/C17H11ClN4O4/c18-11-6-7-13(12(8-11)16(23)10-4-2-1-3-5-10)20-17(24)15-14(22(25)26)9-19-21-15/h1-9H,(H,19,21)(H,20,24). The van der Waals surface area contributed by atoms with Crippen molar-refractivity contribution in [2.24, 2.45) is 0 Å². The zero-order chi connectivity index (χ0) is 18.7. The molecule has 0 bridgehead atoms. The molecular formula is C17H11ClN4O4. The number of aromatic amines is 1. The van der Waals surface area contributed by atoms with Crippen LogP contribution < -0.4 is 5.32 Å². The monoisotopic (exact) mass is 370 g/mol. The number of benzene rings is 2. The van der Waals surface area contributed by atoms with E-state index < -0.39 is 16.5 Å². The van der Waals surface area contributed by atoms with Crippen LogP contribution in [0.25, 0.3) is 0 Å². The summed E-state index contributed by atoms with van der Waals surface area (Å²) >= 11 is 5.98. The van der Waals surface area contributed by atoms with Crippen LogP contribution in [0.1, 0.15) is 26.4 Å². The van der Waals surface area contributed by atoms with Crippen LogP contribution in [0.15, 0.2) is 54.7 Å². The van der Waals surface area contributed by atoms with Crippen molar-refractivity contribution in [3.8, 4) is 0 Å². The largest absolute Gasteiger partial charge is 0.320 e. The lowest BCUT2D eigenvalue weighted by molar-refractivity contribution is -0.385. The lowest BCUT2D eigenvalue weighted by atomic mass is 10.0. The maximum absolute atomic E-state index is 12.7. The van der Waals surface area contributed by atoms with Crippen molar-refractivity contribution in [3.05, 3.63) is 86.7 Å². The van der Waals surface area contributed by atoms with Crippen molar-refractivity contribution >= 4 is 34.7 Å². The van der Waals surface area contributed by atoms with Gasteiger partial charge in [-0.3, -0.25) is 24.8 Å². The first-order valence-corrected chi connectivity index (χ1v) is 7.73. The molecule has 3 aromatic rings. The molecule has 0 unspecified atom stereocenters. The number of hydrogen-bond donors (Lipinski definition) is 2. The summed E-state index contributed by atoms with van der Waals surface area (Å²) in [6, 6.07) is 12.8. The Balaban J connectivity index is 1.96. The van der Waals surface area contributed by atoms with Crippen molar-refractivity contribution in [2.75, 3.05) is 5.32 Å². The zero-order valence-electron chi connectivity index (χ0n) is 13.1.